The average molecular weight is 298 g/mol. The van der Waals surface area contributed by atoms with Crippen molar-refractivity contribution in [2.24, 2.45) is 0 Å². The molecule has 0 spiro atoms. The molecule has 0 atom stereocenters. The topological polar surface area (TPSA) is 79.6 Å². The molecule has 2 heterocycles. The number of carboxylic acids is 1. The zero-order valence-electron chi connectivity index (χ0n) is 12.4. The molecule has 0 saturated carbocycles. The van der Waals surface area contributed by atoms with Crippen LogP contribution in [-0.2, 0) is 0 Å². The monoisotopic (exact) mass is 298 g/mol. The van der Waals surface area contributed by atoms with Crippen molar-refractivity contribution < 1.29 is 19.5 Å². The molecule has 6 nitrogen and oxygen atoms in total. The average Bonchev–Trinajstić information content (AvgIpc) is 2.89. The molecule has 1 N–H and O–H groups in total. The molecule has 1 aromatic heterocycles. The van der Waals surface area contributed by atoms with Crippen LogP contribution < -0.4 is 0 Å². The molecule has 1 aliphatic rings. The van der Waals surface area contributed by atoms with E-state index in [4.69, 9.17) is 0 Å². The summed E-state index contributed by atoms with van der Waals surface area (Å²) < 4.78 is 1.76. The number of carbonyl (C=O) groups excluding carboxylic acids is 2. The lowest BCUT2D eigenvalue weighted by Crippen LogP contribution is -2.24. The highest BCUT2D eigenvalue weighted by Gasteiger charge is 2.33. The standard InChI is InChI=1S/C16H14N2O4/c1-8-6-12(16(21)22)9(2)18(8)10-4-5-11-13(7-10)15(20)17(3)14(11)19/h4-7H,1-3H3,(H,21,22). The van der Waals surface area contributed by atoms with Crippen LogP contribution in [0.2, 0.25) is 0 Å². The third-order valence-corrected chi connectivity index (χ3v) is 3.99. The summed E-state index contributed by atoms with van der Waals surface area (Å²) in [5.74, 6) is -1.66. The Morgan fingerprint density at radius 2 is 1.68 bits per heavy atom. The molecule has 2 amide bonds. The highest BCUT2D eigenvalue weighted by atomic mass is 16.4. The zero-order chi connectivity index (χ0) is 16.2. The predicted molar refractivity (Wildman–Crippen MR) is 78.6 cm³/mol. The van der Waals surface area contributed by atoms with E-state index in [1.54, 1.807) is 42.7 Å². The van der Waals surface area contributed by atoms with Gasteiger partial charge in [0, 0.05) is 24.1 Å². The first-order chi connectivity index (χ1) is 10.3. The van der Waals surface area contributed by atoms with E-state index in [1.165, 1.54) is 7.05 Å². The van der Waals surface area contributed by atoms with Gasteiger partial charge in [-0.3, -0.25) is 14.5 Å². The van der Waals surface area contributed by atoms with Gasteiger partial charge in [0.05, 0.1) is 16.7 Å². The Labute approximate surface area is 126 Å². The number of benzene rings is 1. The Morgan fingerprint density at radius 1 is 1.05 bits per heavy atom. The number of aryl methyl sites for hydroxylation is 1. The van der Waals surface area contributed by atoms with Crippen LogP contribution in [0.5, 0.6) is 0 Å². The molecule has 0 unspecified atom stereocenters. The summed E-state index contributed by atoms with van der Waals surface area (Å²) in [6, 6.07) is 6.54. The summed E-state index contributed by atoms with van der Waals surface area (Å²) in [5, 5.41) is 9.20. The Morgan fingerprint density at radius 3 is 2.27 bits per heavy atom. The third-order valence-electron chi connectivity index (χ3n) is 3.99. The minimum atomic E-state index is -0.994. The number of carbonyl (C=O) groups is 3. The van der Waals surface area contributed by atoms with Crippen molar-refractivity contribution >= 4 is 17.8 Å². The van der Waals surface area contributed by atoms with Gasteiger partial charge >= 0.3 is 5.97 Å². The first-order valence-corrected chi connectivity index (χ1v) is 6.72. The highest BCUT2D eigenvalue weighted by molar-refractivity contribution is 6.21. The summed E-state index contributed by atoms with van der Waals surface area (Å²) in [7, 11) is 1.44. The fourth-order valence-corrected chi connectivity index (χ4v) is 2.86. The number of aromatic carboxylic acids is 1. The van der Waals surface area contributed by atoms with Crippen molar-refractivity contribution in [3.63, 3.8) is 0 Å². The molecular formula is C16H14N2O4. The number of rotatable bonds is 2. The largest absolute Gasteiger partial charge is 0.478 e. The molecule has 1 aromatic carbocycles. The molecule has 6 heteroatoms. The zero-order valence-corrected chi connectivity index (χ0v) is 12.4. The van der Waals surface area contributed by atoms with E-state index in [2.05, 4.69) is 0 Å². The van der Waals surface area contributed by atoms with Crippen LogP contribution in [0.3, 0.4) is 0 Å². The number of hydrogen-bond acceptors (Lipinski definition) is 3. The van der Waals surface area contributed by atoms with Crippen LogP contribution in [0.15, 0.2) is 24.3 Å². The SMILES string of the molecule is Cc1cc(C(=O)O)c(C)n1-c1ccc2c(c1)C(=O)N(C)C2=O. The van der Waals surface area contributed by atoms with E-state index in [-0.39, 0.29) is 17.4 Å². The lowest BCUT2D eigenvalue weighted by atomic mass is 10.1. The van der Waals surface area contributed by atoms with Gasteiger partial charge in [-0.2, -0.15) is 0 Å². The minimum absolute atomic E-state index is 0.220. The maximum absolute atomic E-state index is 12.1. The summed E-state index contributed by atoms with van der Waals surface area (Å²) in [6.45, 7) is 3.51. The first kappa shape index (κ1) is 14.1. The Balaban J connectivity index is 2.19. The van der Waals surface area contributed by atoms with Crippen molar-refractivity contribution in [3.05, 3.63) is 52.3 Å². The third kappa shape index (κ3) is 1.77. The number of fused-ring (bicyclic) bond motifs is 1. The predicted octanol–water partition coefficient (Wildman–Crippen LogP) is 2.02. The van der Waals surface area contributed by atoms with Crippen molar-refractivity contribution in [1.29, 1.82) is 0 Å². The van der Waals surface area contributed by atoms with E-state index < -0.39 is 5.97 Å². The van der Waals surface area contributed by atoms with Gasteiger partial charge in [-0.15, -0.1) is 0 Å². The lowest BCUT2D eigenvalue weighted by molar-refractivity contribution is 0.0681. The van der Waals surface area contributed by atoms with Crippen molar-refractivity contribution in [2.45, 2.75) is 13.8 Å². The lowest BCUT2D eigenvalue weighted by Gasteiger charge is -2.10. The van der Waals surface area contributed by atoms with Crippen LogP contribution in [0.4, 0.5) is 0 Å². The maximum Gasteiger partial charge on any atom is 0.337 e. The van der Waals surface area contributed by atoms with Crippen molar-refractivity contribution in [1.82, 2.24) is 9.47 Å². The summed E-state index contributed by atoms with van der Waals surface area (Å²) in [6.07, 6.45) is 0. The molecule has 112 valence electrons. The number of carboxylic acid groups (broad SMARTS) is 1. The molecular weight excluding hydrogens is 284 g/mol. The van der Waals surface area contributed by atoms with Gasteiger partial charge in [0.2, 0.25) is 0 Å². The fraction of sp³-hybridized carbons (Fsp3) is 0.188. The van der Waals surface area contributed by atoms with Gasteiger partial charge in [0.25, 0.3) is 11.8 Å². The van der Waals surface area contributed by atoms with Crippen LogP contribution in [-0.4, -0.2) is 39.4 Å². The van der Waals surface area contributed by atoms with E-state index in [9.17, 15) is 19.5 Å². The van der Waals surface area contributed by atoms with Gasteiger partial charge in [-0.1, -0.05) is 0 Å². The number of hydrogen-bond donors (Lipinski definition) is 1. The smallest absolute Gasteiger partial charge is 0.337 e. The van der Waals surface area contributed by atoms with Gasteiger partial charge in [0.15, 0.2) is 0 Å². The molecule has 0 fully saturated rings. The quantitative estimate of drug-likeness (QED) is 0.860. The highest BCUT2D eigenvalue weighted by Crippen LogP contribution is 2.27. The fourth-order valence-electron chi connectivity index (χ4n) is 2.86. The second-order valence-corrected chi connectivity index (χ2v) is 5.32. The Kier molecular flexibility index (Phi) is 2.91. The number of amides is 2. The number of aromatic nitrogens is 1. The second kappa shape index (κ2) is 4.56. The van der Waals surface area contributed by atoms with E-state index >= 15 is 0 Å². The summed E-state index contributed by atoms with van der Waals surface area (Å²) >= 11 is 0. The molecule has 22 heavy (non-hydrogen) atoms. The van der Waals surface area contributed by atoms with Crippen LogP contribution >= 0.6 is 0 Å². The number of imide groups is 1. The molecule has 0 aliphatic carbocycles. The van der Waals surface area contributed by atoms with Crippen molar-refractivity contribution in [2.75, 3.05) is 7.05 Å². The van der Waals surface area contributed by atoms with E-state index in [1.807, 2.05) is 0 Å². The normalized spacial score (nSPS) is 13.7. The summed E-state index contributed by atoms with van der Waals surface area (Å²) in [5.41, 5.74) is 2.93. The summed E-state index contributed by atoms with van der Waals surface area (Å²) in [4.78, 5) is 36.3. The number of nitrogens with zero attached hydrogens (tertiary/aromatic N) is 2. The second-order valence-electron chi connectivity index (χ2n) is 5.32. The van der Waals surface area contributed by atoms with Crippen molar-refractivity contribution in [3.8, 4) is 5.69 Å². The van der Waals surface area contributed by atoms with E-state index in [0.29, 0.717) is 22.5 Å². The van der Waals surface area contributed by atoms with Gasteiger partial charge in [-0.25, -0.2) is 4.79 Å². The minimum Gasteiger partial charge on any atom is -0.478 e. The van der Waals surface area contributed by atoms with Crippen LogP contribution in [0.25, 0.3) is 5.69 Å². The molecule has 0 saturated heterocycles. The Hall–Kier alpha value is -2.89. The molecule has 1 aliphatic heterocycles. The Bertz CT molecular complexity index is 848. The molecule has 0 radical (unpaired) electrons. The van der Waals surface area contributed by atoms with Crippen LogP contribution in [0, 0.1) is 13.8 Å². The van der Waals surface area contributed by atoms with Gasteiger partial charge in [0.1, 0.15) is 0 Å². The first-order valence-electron chi connectivity index (χ1n) is 6.72. The molecule has 3 rings (SSSR count). The van der Waals surface area contributed by atoms with Gasteiger partial charge in [-0.05, 0) is 38.1 Å². The van der Waals surface area contributed by atoms with E-state index in [0.717, 1.165) is 10.6 Å². The molecule has 0 bridgehead atoms. The maximum atomic E-state index is 12.1. The van der Waals surface area contributed by atoms with Crippen LogP contribution in [0.1, 0.15) is 42.5 Å². The molecule has 2 aromatic rings. The van der Waals surface area contributed by atoms with Gasteiger partial charge < -0.3 is 9.67 Å².